The van der Waals surface area contributed by atoms with Crippen LogP contribution in [0.5, 0.6) is 0 Å². The van der Waals surface area contributed by atoms with E-state index in [2.05, 4.69) is 28.4 Å². The van der Waals surface area contributed by atoms with Crippen LogP contribution in [0.1, 0.15) is 28.2 Å². The fourth-order valence-electron chi connectivity index (χ4n) is 3.66. The summed E-state index contributed by atoms with van der Waals surface area (Å²) in [6, 6.07) is 20.2. The summed E-state index contributed by atoms with van der Waals surface area (Å²) in [6.07, 6.45) is 2.07. The monoisotopic (exact) mass is 380 g/mol. The number of allylic oxidation sites excluding steroid dienone is 1. The highest BCUT2D eigenvalue weighted by Gasteiger charge is 2.22. The molecule has 6 heteroatoms. The van der Waals surface area contributed by atoms with Crippen molar-refractivity contribution in [3.05, 3.63) is 94.6 Å². The van der Waals surface area contributed by atoms with Crippen LogP contribution in [0.15, 0.2) is 76.3 Å². The molecule has 4 aromatic rings. The summed E-state index contributed by atoms with van der Waals surface area (Å²) in [5, 5.41) is 9.14. The molecular formula is C23H20N6. The Morgan fingerprint density at radius 1 is 0.793 bits per heavy atom. The van der Waals surface area contributed by atoms with Crippen molar-refractivity contribution in [2.45, 2.75) is 13.8 Å². The molecule has 1 aliphatic rings. The van der Waals surface area contributed by atoms with Crippen LogP contribution in [0.2, 0.25) is 0 Å². The minimum absolute atomic E-state index is 0.720. The second-order valence-corrected chi connectivity index (χ2v) is 7.06. The molecule has 142 valence electrons. The maximum Gasteiger partial charge on any atom is 0.161 e. The van der Waals surface area contributed by atoms with Crippen LogP contribution < -0.4 is 0 Å². The van der Waals surface area contributed by atoms with Crippen LogP contribution in [-0.4, -0.2) is 30.9 Å². The van der Waals surface area contributed by atoms with E-state index in [1.165, 1.54) is 0 Å². The molecule has 0 aliphatic carbocycles. The van der Waals surface area contributed by atoms with Crippen molar-refractivity contribution in [2.24, 2.45) is 17.0 Å². The lowest BCUT2D eigenvalue weighted by atomic mass is 10.1. The summed E-state index contributed by atoms with van der Waals surface area (Å²) in [7, 11) is 1.94. The highest BCUT2D eigenvalue weighted by molar-refractivity contribution is 6.26. The van der Waals surface area contributed by atoms with Crippen molar-refractivity contribution >= 4 is 23.3 Å². The average molecular weight is 380 g/mol. The fraction of sp³-hybridized carbons (Fsp3) is 0.130. The number of aliphatic imine (C=N–C) groups is 2. The predicted octanol–water partition coefficient (Wildman–Crippen LogP) is 3.98. The van der Waals surface area contributed by atoms with Crippen molar-refractivity contribution in [1.29, 1.82) is 0 Å². The highest BCUT2D eigenvalue weighted by Crippen LogP contribution is 2.26. The van der Waals surface area contributed by atoms with Crippen molar-refractivity contribution in [3.63, 3.8) is 0 Å². The van der Waals surface area contributed by atoms with Gasteiger partial charge in [-0.3, -0.25) is 0 Å². The van der Waals surface area contributed by atoms with Crippen LogP contribution in [0.3, 0.4) is 0 Å². The van der Waals surface area contributed by atoms with Crippen LogP contribution in [-0.2, 0) is 7.05 Å². The number of benzene rings is 2. The first-order chi connectivity index (χ1) is 14.1. The van der Waals surface area contributed by atoms with Gasteiger partial charge in [0.2, 0.25) is 0 Å². The third kappa shape index (κ3) is 2.89. The molecule has 3 heterocycles. The summed E-state index contributed by atoms with van der Waals surface area (Å²) in [6.45, 7) is 3.96. The first-order valence-corrected chi connectivity index (χ1v) is 9.51. The van der Waals surface area contributed by atoms with Crippen molar-refractivity contribution in [3.8, 4) is 0 Å². The van der Waals surface area contributed by atoms with E-state index in [-0.39, 0.29) is 0 Å². The molecule has 0 radical (unpaired) electrons. The smallest absolute Gasteiger partial charge is 0.161 e. The minimum atomic E-state index is 0.720. The highest BCUT2D eigenvalue weighted by atomic mass is 15.4. The molecule has 6 nitrogen and oxygen atoms in total. The van der Waals surface area contributed by atoms with E-state index >= 15 is 0 Å². The lowest BCUT2D eigenvalue weighted by molar-refractivity contribution is 0.778. The lowest BCUT2D eigenvalue weighted by Crippen LogP contribution is -2.01. The molecule has 0 unspecified atom stereocenters. The summed E-state index contributed by atoms with van der Waals surface area (Å²) < 4.78 is 3.73. The number of aromatic nitrogens is 4. The van der Waals surface area contributed by atoms with E-state index in [9.17, 15) is 0 Å². The molecular weight excluding hydrogens is 360 g/mol. The molecule has 0 N–H and O–H groups in total. The number of nitrogens with zero attached hydrogens (tertiary/aromatic N) is 6. The van der Waals surface area contributed by atoms with Gasteiger partial charge in [-0.05, 0) is 19.9 Å². The number of rotatable bonds is 3. The molecule has 5 rings (SSSR count). The van der Waals surface area contributed by atoms with Gasteiger partial charge < -0.3 is 0 Å². The van der Waals surface area contributed by atoms with Gasteiger partial charge in [-0.2, -0.15) is 14.7 Å². The van der Waals surface area contributed by atoms with Crippen LogP contribution in [0.25, 0.3) is 11.7 Å². The van der Waals surface area contributed by atoms with Gasteiger partial charge in [0.1, 0.15) is 5.82 Å². The molecule has 0 spiro atoms. The molecule has 0 saturated heterocycles. The van der Waals surface area contributed by atoms with E-state index in [4.69, 9.17) is 9.98 Å². The average Bonchev–Trinajstić information content (AvgIpc) is 3.39. The van der Waals surface area contributed by atoms with Gasteiger partial charge in [-0.15, -0.1) is 0 Å². The quantitative estimate of drug-likeness (QED) is 0.540. The zero-order valence-electron chi connectivity index (χ0n) is 16.5. The zero-order valence-corrected chi connectivity index (χ0v) is 16.5. The first-order valence-electron chi connectivity index (χ1n) is 9.51. The Kier molecular flexibility index (Phi) is 3.98. The number of amidine groups is 1. The second-order valence-electron chi connectivity index (χ2n) is 7.06. The van der Waals surface area contributed by atoms with E-state index in [0.29, 0.717) is 0 Å². The SMILES string of the molecule is Cc1nn2c(C)nn(C)c2c1C=C1N=C(c2ccccc2)N=C1c1ccccc1. The molecule has 0 fully saturated rings. The maximum absolute atomic E-state index is 4.88. The molecule has 2 aromatic carbocycles. The summed E-state index contributed by atoms with van der Waals surface area (Å²) in [5.41, 5.74) is 6.61. The minimum Gasteiger partial charge on any atom is -0.249 e. The summed E-state index contributed by atoms with van der Waals surface area (Å²) in [4.78, 5) is 9.76. The Bertz CT molecular complexity index is 1300. The Morgan fingerprint density at radius 3 is 2.14 bits per heavy atom. The molecule has 0 saturated carbocycles. The van der Waals surface area contributed by atoms with Crippen LogP contribution in [0, 0.1) is 13.8 Å². The van der Waals surface area contributed by atoms with E-state index in [0.717, 1.165) is 51.1 Å². The molecule has 29 heavy (non-hydrogen) atoms. The maximum atomic E-state index is 4.88. The molecule has 2 aromatic heterocycles. The van der Waals surface area contributed by atoms with Gasteiger partial charge in [0.05, 0.1) is 17.1 Å². The Balaban J connectivity index is 1.71. The third-order valence-electron chi connectivity index (χ3n) is 5.04. The Hall–Kier alpha value is -3.80. The lowest BCUT2D eigenvalue weighted by Gasteiger charge is -2.02. The third-order valence-corrected chi connectivity index (χ3v) is 5.04. The van der Waals surface area contributed by atoms with Crippen molar-refractivity contribution in [1.82, 2.24) is 19.4 Å². The number of aryl methyl sites for hydroxylation is 3. The van der Waals surface area contributed by atoms with Gasteiger partial charge in [-0.25, -0.2) is 14.7 Å². The van der Waals surface area contributed by atoms with Gasteiger partial charge in [0.15, 0.2) is 11.5 Å². The predicted molar refractivity (Wildman–Crippen MR) is 115 cm³/mol. The van der Waals surface area contributed by atoms with Crippen molar-refractivity contribution in [2.75, 3.05) is 0 Å². The van der Waals surface area contributed by atoms with E-state index in [1.54, 1.807) is 0 Å². The van der Waals surface area contributed by atoms with Crippen LogP contribution >= 0.6 is 0 Å². The van der Waals surface area contributed by atoms with E-state index in [1.807, 2.05) is 78.6 Å². The summed E-state index contributed by atoms with van der Waals surface area (Å²) >= 11 is 0. The number of hydrogen-bond donors (Lipinski definition) is 0. The standard InChI is InChI=1S/C23H20N6/c1-15-19(23-28(3)27-16(2)29(23)26-15)14-20-21(17-10-6-4-7-11-17)25-22(24-20)18-12-8-5-9-13-18/h4-14H,1-3H3. The van der Waals surface area contributed by atoms with Gasteiger partial charge in [0.25, 0.3) is 0 Å². The van der Waals surface area contributed by atoms with Gasteiger partial charge in [0, 0.05) is 23.7 Å². The summed E-state index contributed by atoms with van der Waals surface area (Å²) in [5.74, 6) is 1.57. The van der Waals surface area contributed by atoms with Gasteiger partial charge in [-0.1, -0.05) is 60.7 Å². The Labute approximate surface area is 168 Å². The van der Waals surface area contributed by atoms with E-state index < -0.39 is 0 Å². The largest absolute Gasteiger partial charge is 0.249 e. The number of hydrogen-bond acceptors (Lipinski definition) is 4. The second kappa shape index (κ2) is 6.67. The van der Waals surface area contributed by atoms with Crippen molar-refractivity contribution < 1.29 is 0 Å². The molecule has 1 aliphatic heterocycles. The molecule has 0 bridgehead atoms. The topological polar surface area (TPSA) is 59.8 Å². The number of fused-ring (bicyclic) bond motifs is 1. The molecule has 0 atom stereocenters. The van der Waals surface area contributed by atoms with Crippen LogP contribution in [0.4, 0.5) is 0 Å². The normalized spacial score (nSPS) is 15.2. The molecule has 0 amide bonds. The zero-order chi connectivity index (χ0) is 20.0. The van der Waals surface area contributed by atoms with Gasteiger partial charge >= 0.3 is 0 Å². The first kappa shape index (κ1) is 17.3. The fourth-order valence-corrected chi connectivity index (χ4v) is 3.66. The Morgan fingerprint density at radius 2 is 1.45 bits per heavy atom.